The Morgan fingerprint density at radius 3 is 2.57 bits per heavy atom. The van der Waals surface area contributed by atoms with E-state index in [2.05, 4.69) is 55.4 Å². The van der Waals surface area contributed by atoms with Crippen LogP contribution in [-0.2, 0) is 6.54 Å². The van der Waals surface area contributed by atoms with E-state index in [0.717, 1.165) is 12.3 Å². The molecule has 0 aliphatic rings. The lowest BCUT2D eigenvalue weighted by Crippen LogP contribution is -2.24. The van der Waals surface area contributed by atoms with E-state index in [1.807, 2.05) is 23.5 Å². The van der Waals surface area contributed by atoms with Crippen molar-refractivity contribution in [1.82, 2.24) is 5.32 Å². The maximum atomic E-state index is 5.50. The zero-order valence-electron chi connectivity index (χ0n) is 12.7. The molecule has 112 valence electrons. The normalized spacial score (nSPS) is 12.3. The van der Waals surface area contributed by atoms with Crippen molar-refractivity contribution in [3.8, 4) is 5.75 Å². The number of rotatable bonds is 8. The Kier molecular flexibility index (Phi) is 6.03. The zero-order valence-corrected chi connectivity index (χ0v) is 13.5. The van der Waals surface area contributed by atoms with Crippen LogP contribution < -0.4 is 10.1 Å². The molecule has 0 saturated heterocycles. The molecule has 21 heavy (non-hydrogen) atoms. The van der Waals surface area contributed by atoms with E-state index >= 15 is 0 Å². The fraction of sp³-hybridized carbons (Fsp3) is 0.333. The van der Waals surface area contributed by atoms with Crippen molar-refractivity contribution in [2.45, 2.75) is 26.4 Å². The van der Waals surface area contributed by atoms with Crippen LogP contribution in [0.5, 0.6) is 5.75 Å². The van der Waals surface area contributed by atoms with Crippen LogP contribution in [0.15, 0.2) is 54.4 Å². The molecule has 0 radical (unpaired) electrons. The Labute approximate surface area is 131 Å². The zero-order chi connectivity index (χ0) is 15.1. The van der Waals surface area contributed by atoms with Crippen molar-refractivity contribution in [2.24, 2.45) is 5.92 Å². The molecule has 1 unspecified atom stereocenters. The Balaban J connectivity index is 1.93. The van der Waals surface area contributed by atoms with Gasteiger partial charge in [-0.2, -0.15) is 0 Å². The number of ether oxygens (including phenoxy) is 1. The number of nitrogens with one attached hydrogen (secondary N) is 1. The third kappa shape index (κ3) is 4.73. The first-order valence-corrected chi connectivity index (χ1v) is 8.18. The number of hydrogen-bond donors (Lipinski definition) is 1. The molecule has 0 bridgehead atoms. The summed E-state index contributed by atoms with van der Waals surface area (Å²) in [7, 11) is 0. The SMILES string of the molecule is C=CCOc1ccc(CNC(c2cccs2)C(C)C)cc1. The molecule has 2 rings (SSSR count). The fourth-order valence-corrected chi connectivity index (χ4v) is 3.19. The summed E-state index contributed by atoms with van der Waals surface area (Å²) in [5, 5.41) is 5.79. The molecule has 1 heterocycles. The Bertz CT molecular complexity index is 531. The van der Waals surface area contributed by atoms with E-state index in [1.165, 1.54) is 10.4 Å². The molecule has 0 amide bonds. The van der Waals surface area contributed by atoms with Gasteiger partial charge >= 0.3 is 0 Å². The molecule has 0 aliphatic heterocycles. The first kappa shape index (κ1) is 15.8. The minimum Gasteiger partial charge on any atom is -0.490 e. The topological polar surface area (TPSA) is 21.3 Å². The van der Waals surface area contributed by atoms with Crippen molar-refractivity contribution in [1.29, 1.82) is 0 Å². The van der Waals surface area contributed by atoms with E-state index in [1.54, 1.807) is 6.08 Å². The summed E-state index contributed by atoms with van der Waals surface area (Å²) in [6, 6.07) is 13.0. The van der Waals surface area contributed by atoms with Crippen LogP contribution in [0.2, 0.25) is 0 Å². The summed E-state index contributed by atoms with van der Waals surface area (Å²) >= 11 is 1.81. The van der Waals surface area contributed by atoms with Crippen molar-refractivity contribution in [3.63, 3.8) is 0 Å². The van der Waals surface area contributed by atoms with Gasteiger partial charge in [-0.15, -0.1) is 11.3 Å². The maximum absolute atomic E-state index is 5.50. The first-order chi connectivity index (χ1) is 10.2. The molecule has 0 fully saturated rings. The minimum atomic E-state index is 0.404. The third-order valence-corrected chi connectivity index (χ3v) is 4.29. The second kappa shape index (κ2) is 8.01. The van der Waals surface area contributed by atoms with Crippen LogP contribution in [0, 0.1) is 5.92 Å². The summed E-state index contributed by atoms with van der Waals surface area (Å²) in [6.07, 6.45) is 1.75. The molecule has 0 spiro atoms. The molecular formula is C18H23NOS. The van der Waals surface area contributed by atoms with Gasteiger partial charge in [0.1, 0.15) is 12.4 Å². The number of thiophene rings is 1. The van der Waals surface area contributed by atoms with E-state index < -0.39 is 0 Å². The van der Waals surface area contributed by atoms with Crippen LogP contribution in [0.3, 0.4) is 0 Å². The van der Waals surface area contributed by atoms with Gasteiger partial charge in [0.15, 0.2) is 0 Å². The summed E-state index contributed by atoms with van der Waals surface area (Å²) in [4.78, 5) is 1.40. The average Bonchev–Trinajstić information content (AvgIpc) is 3.00. The van der Waals surface area contributed by atoms with Crippen LogP contribution in [0.1, 0.15) is 30.3 Å². The Morgan fingerprint density at radius 2 is 2.00 bits per heavy atom. The van der Waals surface area contributed by atoms with Gasteiger partial charge in [-0.1, -0.05) is 44.7 Å². The summed E-state index contributed by atoms with van der Waals surface area (Å²) in [6.45, 7) is 9.57. The quantitative estimate of drug-likeness (QED) is 0.707. The predicted molar refractivity (Wildman–Crippen MR) is 90.9 cm³/mol. The molecule has 1 aromatic carbocycles. The van der Waals surface area contributed by atoms with Crippen molar-refractivity contribution in [2.75, 3.05) is 6.61 Å². The molecule has 0 aliphatic carbocycles. The van der Waals surface area contributed by atoms with Crippen LogP contribution in [-0.4, -0.2) is 6.61 Å². The summed E-state index contributed by atoms with van der Waals surface area (Å²) in [5.41, 5.74) is 1.27. The number of benzene rings is 1. The smallest absolute Gasteiger partial charge is 0.119 e. The summed E-state index contributed by atoms with van der Waals surface area (Å²) < 4.78 is 5.50. The van der Waals surface area contributed by atoms with Crippen molar-refractivity contribution >= 4 is 11.3 Å². The monoisotopic (exact) mass is 301 g/mol. The maximum Gasteiger partial charge on any atom is 0.119 e. The van der Waals surface area contributed by atoms with E-state index in [-0.39, 0.29) is 0 Å². The van der Waals surface area contributed by atoms with Gasteiger partial charge in [0.05, 0.1) is 0 Å². The molecule has 1 N–H and O–H groups in total. The van der Waals surface area contributed by atoms with Crippen LogP contribution in [0.25, 0.3) is 0 Å². The van der Waals surface area contributed by atoms with E-state index in [4.69, 9.17) is 4.74 Å². The van der Waals surface area contributed by atoms with Gasteiger partial charge < -0.3 is 10.1 Å². The van der Waals surface area contributed by atoms with Crippen LogP contribution >= 0.6 is 11.3 Å². The van der Waals surface area contributed by atoms with Gasteiger partial charge in [-0.3, -0.25) is 0 Å². The fourth-order valence-electron chi connectivity index (χ4n) is 2.22. The second-order valence-electron chi connectivity index (χ2n) is 5.36. The van der Waals surface area contributed by atoms with Gasteiger partial charge in [-0.05, 0) is 35.1 Å². The molecule has 2 nitrogen and oxygen atoms in total. The minimum absolute atomic E-state index is 0.404. The van der Waals surface area contributed by atoms with E-state index in [0.29, 0.717) is 18.6 Å². The molecule has 1 aromatic heterocycles. The highest BCUT2D eigenvalue weighted by Crippen LogP contribution is 2.26. The highest BCUT2D eigenvalue weighted by Gasteiger charge is 2.15. The largest absolute Gasteiger partial charge is 0.490 e. The molecule has 0 saturated carbocycles. The lowest BCUT2D eigenvalue weighted by molar-refractivity contribution is 0.363. The van der Waals surface area contributed by atoms with Gasteiger partial charge in [0.2, 0.25) is 0 Å². The Hall–Kier alpha value is -1.58. The first-order valence-electron chi connectivity index (χ1n) is 7.30. The highest BCUT2D eigenvalue weighted by molar-refractivity contribution is 7.10. The second-order valence-corrected chi connectivity index (χ2v) is 6.34. The average molecular weight is 301 g/mol. The third-order valence-electron chi connectivity index (χ3n) is 3.33. The van der Waals surface area contributed by atoms with E-state index in [9.17, 15) is 0 Å². The molecule has 3 heteroatoms. The van der Waals surface area contributed by atoms with Crippen LogP contribution in [0.4, 0.5) is 0 Å². The van der Waals surface area contributed by atoms with Crippen molar-refractivity contribution in [3.05, 3.63) is 64.9 Å². The van der Waals surface area contributed by atoms with Gasteiger partial charge in [0.25, 0.3) is 0 Å². The van der Waals surface area contributed by atoms with Gasteiger partial charge in [0, 0.05) is 17.5 Å². The Morgan fingerprint density at radius 1 is 1.24 bits per heavy atom. The molecule has 2 aromatic rings. The lowest BCUT2D eigenvalue weighted by Gasteiger charge is -2.21. The lowest BCUT2D eigenvalue weighted by atomic mass is 10.0. The van der Waals surface area contributed by atoms with Crippen molar-refractivity contribution < 1.29 is 4.74 Å². The number of hydrogen-bond acceptors (Lipinski definition) is 3. The predicted octanol–water partition coefficient (Wildman–Crippen LogP) is 4.80. The molecule has 1 atom stereocenters. The molecular weight excluding hydrogens is 278 g/mol. The summed E-state index contributed by atoms with van der Waals surface area (Å²) in [5.74, 6) is 1.45. The standard InChI is InChI=1S/C18H23NOS/c1-4-11-20-16-9-7-15(8-10-16)13-19-18(14(2)3)17-6-5-12-21-17/h4-10,12,14,18-19H,1,11,13H2,2-3H3. The highest BCUT2D eigenvalue weighted by atomic mass is 32.1. The van der Waals surface area contributed by atoms with Gasteiger partial charge in [-0.25, -0.2) is 0 Å².